The molecule has 3 atom stereocenters. The fourth-order valence-corrected chi connectivity index (χ4v) is 5.59. The molecule has 1 aromatic heterocycles. The quantitative estimate of drug-likeness (QED) is 0.489. The van der Waals surface area contributed by atoms with E-state index in [2.05, 4.69) is 22.2 Å². The van der Waals surface area contributed by atoms with Gasteiger partial charge in [0.05, 0.1) is 18.7 Å². The summed E-state index contributed by atoms with van der Waals surface area (Å²) in [6.45, 7) is 2.29. The van der Waals surface area contributed by atoms with Gasteiger partial charge in [-0.05, 0) is 74.3 Å². The van der Waals surface area contributed by atoms with Gasteiger partial charge in [0.15, 0.2) is 0 Å². The first kappa shape index (κ1) is 18.0. The number of aromatic nitrogens is 2. The molecule has 3 unspecified atom stereocenters. The van der Waals surface area contributed by atoms with Crippen LogP contribution in [0.1, 0.15) is 56.7 Å². The van der Waals surface area contributed by atoms with E-state index in [1.165, 1.54) is 31.9 Å². The van der Waals surface area contributed by atoms with E-state index in [4.69, 9.17) is 16.3 Å². The number of methoxy groups -OCH3 is 1. The zero-order valence-corrected chi connectivity index (χ0v) is 16.4. The number of anilines is 1. The molecule has 0 aliphatic heterocycles. The van der Waals surface area contributed by atoms with E-state index in [1.807, 2.05) is 0 Å². The minimum absolute atomic E-state index is 0.0832. The molecule has 2 bridgehead atoms. The van der Waals surface area contributed by atoms with Crippen LogP contribution in [-0.4, -0.2) is 29.1 Å². The average Bonchev–Trinajstić information content (AvgIpc) is 2.83. The van der Waals surface area contributed by atoms with E-state index in [0.717, 1.165) is 43.6 Å². The first-order valence-electron chi connectivity index (χ1n) is 9.96. The highest BCUT2D eigenvalue weighted by Gasteiger charge is 2.48. The van der Waals surface area contributed by atoms with Crippen molar-refractivity contribution in [3.63, 3.8) is 0 Å². The van der Waals surface area contributed by atoms with Crippen molar-refractivity contribution in [1.29, 1.82) is 0 Å². The van der Waals surface area contributed by atoms with Gasteiger partial charge in [0.25, 0.3) is 0 Å². The second kappa shape index (κ2) is 7.34. The second-order valence-corrected chi connectivity index (χ2v) is 8.70. The normalized spacial score (nSPS) is 33.3. The lowest BCUT2D eigenvalue weighted by molar-refractivity contribution is -0.152. The molecule has 0 spiro atoms. The van der Waals surface area contributed by atoms with Crippen LogP contribution < -0.4 is 5.32 Å². The summed E-state index contributed by atoms with van der Waals surface area (Å²) in [5, 5.41) is 3.96. The molecule has 0 amide bonds. The Morgan fingerprint density at radius 2 is 1.88 bits per heavy atom. The second-order valence-electron chi connectivity index (χ2n) is 8.36. The van der Waals surface area contributed by atoms with Gasteiger partial charge in [-0.1, -0.05) is 13.3 Å². The SMILES string of the molecule is COC(=O)C1C2CCC(CC2)C1Nc1nc(Cl)nc2c1CC(C)CCC2. The Bertz CT molecular complexity index is 688. The third kappa shape index (κ3) is 3.30. The Morgan fingerprint density at radius 1 is 1.15 bits per heavy atom. The molecule has 0 aromatic carbocycles. The Hall–Kier alpha value is -1.36. The number of hydrogen-bond donors (Lipinski definition) is 1. The molecule has 5 rings (SSSR count). The molecule has 3 fully saturated rings. The summed E-state index contributed by atoms with van der Waals surface area (Å²) < 4.78 is 5.15. The molecule has 1 N–H and O–H groups in total. The summed E-state index contributed by atoms with van der Waals surface area (Å²) in [5.74, 6) is 2.20. The molecule has 5 nitrogen and oxygen atoms in total. The Morgan fingerprint density at radius 3 is 2.62 bits per heavy atom. The summed E-state index contributed by atoms with van der Waals surface area (Å²) in [4.78, 5) is 21.6. The minimum Gasteiger partial charge on any atom is -0.469 e. The van der Waals surface area contributed by atoms with Crippen molar-refractivity contribution in [2.45, 2.75) is 64.3 Å². The molecule has 26 heavy (non-hydrogen) atoms. The monoisotopic (exact) mass is 377 g/mol. The Balaban J connectivity index is 1.67. The number of rotatable bonds is 3. The van der Waals surface area contributed by atoms with Crippen LogP contribution in [0.3, 0.4) is 0 Å². The van der Waals surface area contributed by atoms with Crippen LogP contribution in [0.2, 0.25) is 5.28 Å². The van der Waals surface area contributed by atoms with E-state index in [9.17, 15) is 4.79 Å². The molecule has 4 aliphatic rings. The van der Waals surface area contributed by atoms with Gasteiger partial charge < -0.3 is 10.1 Å². The fraction of sp³-hybridized carbons (Fsp3) is 0.750. The van der Waals surface area contributed by atoms with Gasteiger partial charge in [0.1, 0.15) is 5.82 Å². The van der Waals surface area contributed by atoms with Gasteiger partial charge in [-0.15, -0.1) is 0 Å². The van der Waals surface area contributed by atoms with Crippen molar-refractivity contribution < 1.29 is 9.53 Å². The topological polar surface area (TPSA) is 64.1 Å². The van der Waals surface area contributed by atoms with Crippen LogP contribution in [0.4, 0.5) is 5.82 Å². The van der Waals surface area contributed by atoms with Crippen molar-refractivity contribution in [2.75, 3.05) is 12.4 Å². The average molecular weight is 378 g/mol. The summed E-state index contributed by atoms with van der Waals surface area (Å²) in [7, 11) is 1.50. The van der Waals surface area contributed by atoms with E-state index in [1.54, 1.807) is 0 Å². The summed E-state index contributed by atoms with van der Waals surface area (Å²) in [6.07, 6.45) is 8.86. The number of halogens is 1. The van der Waals surface area contributed by atoms with Crippen LogP contribution in [0.25, 0.3) is 0 Å². The highest BCUT2D eigenvalue weighted by molar-refractivity contribution is 6.28. The molecule has 0 radical (unpaired) electrons. The molecular weight excluding hydrogens is 350 g/mol. The molecular formula is C20H28ClN3O2. The maximum atomic E-state index is 12.5. The molecule has 6 heteroatoms. The number of fused-ring (bicyclic) bond motifs is 4. The predicted molar refractivity (Wildman–Crippen MR) is 101 cm³/mol. The molecule has 142 valence electrons. The predicted octanol–water partition coefficient (Wildman–Crippen LogP) is 4.03. The maximum absolute atomic E-state index is 12.5. The number of nitrogens with zero attached hydrogens (tertiary/aromatic N) is 2. The number of hydrogen-bond acceptors (Lipinski definition) is 5. The molecule has 1 heterocycles. The zero-order chi connectivity index (χ0) is 18.3. The smallest absolute Gasteiger partial charge is 0.311 e. The first-order valence-corrected chi connectivity index (χ1v) is 10.3. The first-order chi connectivity index (χ1) is 12.6. The Kier molecular flexibility index (Phi) is 5.09. The largest absolute Gasteiger partial charge is 0.469 e. The number of carbonyl (C=O) groups is 1. The fourth-order valence-electron chi connectivity index (χ4n) is 5.40. The number of esters is 1. The standard InChI is InChI=1S/C20H28ClN3O2/c1-11-4-3-5-15-14(10-11)18(24-20(21)22-15)23-17-13-8-6-12(7-9-13)16(17)19(25)26-2/h11-13,16-17H,3-10H2,1-2H3,(H,22,23,24). The minimum atomic E-state index is -0.0866. The molecule has 0 saturated heterocycles. The van der Waals surface area contributed by atoms with Crippen LogP contribution in [-0.2, 0) is 22.4 Å². The molecule has 4 aliphatic carbocycles. The number of aryl methyl sites for hydroxylation is 1. The van der Waals surface area contributed by atoms with E-state index in [-0.39, 0.29) is 17.9 Å². The van der Waals surface area contributed by atoms with E-state index in [0.29, 0.717) is 23.0 Å². The van der Waals surface area contributed by atoms with Gasteiger partial charge in [-0.3, -0.25) is 4.79 Å². The van der Waals surface area contributed by atoms with Gasteiger partial charge in [-0.25, -0.2) is 9.97 Å². The maximum Gasteiger partial charge on any atom is 0.311 e. The lowest BCUT2D eigenvalue weighted by Crippen LogP contribution is -2.52. The third-order valence-electron chi connectivity index (χ3n) is 6.72. The van der Waals surface area contributed by atoms with Crippen LogP contribution in [0.15, 0.2) is 0 Å². The van der Waals surface area contributed by atoms with Crippen LogP contribution in [0, 0.1) is 23.7 Å². The number of carbonyl (C=O) groups excluding carboxylic acids is 1. The summed E-state index contributed by atoms with van der Waals surface area (Å²) >= 11 is 6.24. The Labute approximate surface area is 160 Å². The molecule has 1 aromatic rings. The van der Waals surface area contributed by atoms with Crippen molar-refractivity contribution in [3.05, 3.63) is 16.5 Å². The lowest BCUT2D eigenvalue weighted by atomic mass is 9.61. The highest BCUT2D eigenvalue weighted by atomic mass is 35.5. The van der Waals surface area contributed by atoms with E-state index >= 15 is 0 Å². The van der Waals surface area contributed by atoms with Crippen LogP contribution in [0.5, 0.6) is 0 Å². The summed E-state index contributed by atoms with van der Waals surface area (Å²) in [6, 6.07) is 0.0866. The van der Waals surface area contributed by atoms with Crippen molar-refractivity contribution >= 4 is 23.4 Å². The van der Waals surface area contributed by atoms with E-state index < -0.39 is 0 Å². The van der Waals surface area contributed by atoms with Crippen LogP contribution >= 0.6 is 11.6 Å². The van der Waals surface area contributed by atoms with Gasteiger partial charge in [-0.2, -0.15) is 0 Å². The lowest BCUT2D eigenvalue weighted by Gasteiger charge is -2.47. The molecule has 3 saturated carbocycles. The zero-order valence-electron chi connectivity index (χ0n) is 15.6. The highest BCUT2D eigenvalue weighted by Crippen LogP contribution is 2.47. The summed E-state index contributed by atoms with van der Waals surface area (Å²) in [5.41, 5.74) is 2.27. The van der Waals surface area contributed by atoms with Gasteiger partial charge in [0.2, 0.25) is 5.28 Å². The van der Waals surface area contributed by atoms with Crippen molar-refractivity contribution in [2.24, 2.45) is 23.7 Å². The number of nitrogens with one attached hydrogen (secondary N) is 1. The van der Waals surface area contributed by atoms with Gasteiger partial charge in [0, 0.05) is 11.6 Å². The third-order valence-corrected chi connectivity index (χ3v) is 6.89. The van der Waals surface area contributed by atoms with Crippen molar-refractivity contribution in [1.82, 2.24) is 9.97 Å². The number of ether oxygens (including phenoxy) is 1. The van der Waals surface area contributed by atoms with Gasteiger partial charge >= 0.3 is 5.97 Å². The van der Waals surface area contributed by atoms with Crippen molar-refractivity contribution in [3.8, 4) is 0 Å².